The van der Waals surface area contributed by atoms with Crippen LogP contribution in [0.1, 0.15) is 36.9 Å². The lowest BCUT2D eigenvalue weighted by atomic mass is 9.88. The van der Waals surface area contributed by atoms with Crippen molar-refractivity contribution in [3.05, 3.63) is 23.4 Å². The Hall–Kier alpha value is -0.760. The van der Waals surface area contributed by atoms with Crippen molar-refractivity contribution >= 4 is 17.4 Å². The molecule has 2 saturated carbocycles. The van der Waals surface area contributed by atoms with Crippen LogP contribution >= 0.6 is 11.6 Å². The van der Waals surface area contributed by atoms with Crippen molar-refractivity contribution in [2.45, 2.75) is 38.5 Å². The molecule has 3 heteroatoms. The molecule has 0 N–H and O–H groups in total. The first-order valence-electron chi connectivity index (χ1n) is 7.40. The summed E-state index contributed by atoms with van der Waals surface area (Å²) in [5.74, 6) is 4.53. The molecule has 2 fully saturated rings. The molecule has 19 heavy (non-hydrogen) atoms. The molecule has 1 aromatic rings. The lowest BCUT2D eigenvalue weighted by Crippen LogP contribution is -2.29. The molecule has 2 aliphatic carbocycles. The number of aromatic nitrogens is 1. The van der Waals surface area contributed by atoms with Gasteiger partial charge in [-0.15, -0.1) is 11.6 Å². The van der Waals surface area contributed by atoms with Crippen LogP contribution in [-0.2, 0) is 5.88 Å². The van der Waals surface area contributed by atoms with Crippen molar-refractivity contribution in [2.24, 2.45) is 17.8 Å². The molecule has 104 valence electrons. The van der Waals surface area contributed by atoms with Crippen molar-refractivity contribution in [1.29, 1.82) is 0 Å². The summed E-state index contributed by atoms with van der Waals surface area (Å²) in [6, 6.07) is 4.20. The summed E-state index contributed by atoms with van der Waals surface area (Å²) in [7, 11) is 2.17. The van der Waals surface area contributed by atoms with Crippen molar-refractivity contribution in [2.75, 3.05) is 18.5 Å². The number of nitrogens with zero attached hydrogens (tertiary/aromatic N) is 2. The second-order valence-electron chi connectivity index (χ2n) is 6.42. The maximum absolute atomic E-state index is 5.95. The molecule has 3 unspecified atom stereocenters. The molecule has 0 aliphatic heterocycles. The SMILES string of the molecule is Cc1cc(CCl)cc(N(C)CC2CC3CCC2C3)n1. The molecule has 0 spiro atoms. The summed E-state index contributed by atoms with van der Waals surface area (Å²) < 4.78 is 0. The van der Waals surface area contributed by atoms with Crippen LogP contribution in [0.25, 0.3) is 0 Å². The van der Waals surface area contributed by atoms with Crippen LogP contribution in [0.4, 0.5) is 5.82 Å². The number of alkyl halides is 1. The van der Waals surface area contributed by atoms with Gasteiger partial charge < -0.3 is 4.90 Å². The average Bonchev–Trinajstić information content (AvgIpc) is 3.00. The maximum Gasteiger partial charge on any atom is 0.128 e. The zero-order valence-corrected chi connectivity index (χ0v) is 12.7. The summed E-state index contributed by atoms with van der Waals surface area (Å²) >= 11 is 5.95. The molecule has 1 aromatic heterocycles. The highest BCUT2D eigenvalue weighted by molar-refractivity contribution is 6.17. The van der Waals surface area contributed by atoms with Crippen molar-refractivity contribution in [3.63, 3.8) is 0 Å². The van der Waals surface area contributed by atoms with Crippen molar-refractivity contribution in [3.8, 4) is 0 Å². The second-order valence-corrected chi connectivity index (χ2v) is 6.69. The number of halogens is 1. The van der Waals surface area contributed by atoms with Crippen LogP contribution in [0.3, 0.4) is 0 Å². The molecule has 0 saturated heterocycles. The zero-order valence-electron chi connectivity index (χ0n) is 11.9. The number of rotatable bonds is 4. The maximum atomic E-state index is 5.95. The van der Waals surface area contributed by atoms with Gasteiger partial charge in [0.05, 0.1) is 0 Å². The second kappa shape index (κ2) is 5.32. The van der Waals surface area contributed by atoms with E-state index in [0.29, 0.717) is 5.88 Å². The number of fused-ring (bicyclic) bond motifs is 2. The van der Waals surface area contributed by atoms with E-state index in [4.69, 9.17) is 11.6 Å². The summed E-state index contributed by atoms with van der Waals surface area (Å²) in [4.78, 5) is 6.98. The van der Waals surface area contributed by atoms with E-state index < -0.39 is 0 Å². The van der Waals surface area contributed by atoms with Gasteiger partial charge in [-0.3, -0.25) is 0 Å². The van der Waals surface area contributed by atoms with E-state index in [-0.39, 0.29) is 0 Å². The average molecular weight is 279 g/mol. The molecule has 3 atom stereocenters. The molecule has 2 nitrogen and oxygen atoms in total. The fourth-order valence-electron chi connectivity index (χ4n) is 4.04. The minimum Gasteiger partial charge on any atom is -0.359 e. The topological polar surface area (TPSA) is 16.1 Å². The van der Waals surface area contributed by atoms with Gasteiger partial charge in [-0.1, -0.05) is 6.42 Å². The van der Waals surface area contributed by atoms with Crippen LogP contribution in [0.5, 0.6) is 0 Å². The van der Waals surface area contributed by atoms with Gasteiger partial charge in [-0.25, -0.2) is 4.98 Å². The molecule has 3 rings (SSSR count). The Kier molecular flexibility index (Phi) is 3.70. The monoisotopic (exact) mass is 278 g/mol. The van der Waals surface area contributed by atoms with E-state index >= 15 is 0 Å². The van der Waals surface area contributed by atoms with Gasteiger partial charge in [-0.2, -0.15) is 0 Å². The minimum absolute atomic E-state index is 0.568. The lowest BCUT2D eigenvalue weighted by Gasteiger charge is -2.28. The zero-order chi connectivity index (χ0) is 13.4. The number of anilines is 1. The third-order valence-electron chi connectivity index (χ3n) is 4.94. The van der Waals surface area contributed by atoms with Gasteiger partial charge in [0.2, 0.25) is 0 Å². The summed E-state index contributed by atoms with van der Waals surface area (Å²) in [6.07, 6.45) is 5.84. The molecule has 0 aromatic carbocycles. The first-order chi connectivity index (χ1) is 9.15. The van der Waals surface area contributed by atoms with E-state index in [2.05, 4.69) is 29.1 Å². The van der Waals surface area contributed by atoms with Gasteiger partial charge >= 0.3 is 0 Å². The van der Waals surface area contributed by atoms with Gasteiger partial charge in [0.25, 0.3) is 0 Å². The highest BCUT2D eigenvalue weighted by atomic mass is 35.5. The first-order valence-corrected chi connectivity index (χ1v) is 7.94. The summed E-state index contributed by atoms with van der Waals surface area (Å²) in [5.41, 5.74) is 2.23. The van der Waals surface area contributed by atoms with Gasteiger partial charge in [-0.05, 0) is 61.6 Å². The Morgan fingerprint density at radius 1 is 1.32 bits per heavy atom. The Bertz CT molecular complexity index is 460. The van der Waals surface area contributed by atoms with Crippen LogP contribution in [0.15, 0.2) is 12.1 Å². The van der Waals surface area contributed by atoms with Crippen LogP contribution in [0.2, 0.25) is 0 Å². The number of hydrogen-bond acceptors (Lipinski definition) is 2. The molecule has 0 amide bonds. The Labute approximate surface area is 121 Å². The number of hydrogen-bond donors (Lipinski definition) is 0. The van der Waals surface area contributed by atoms with Crippen molar-refractivity contribution < 1.29 is 0 Å². The Balaban J connectivity index is 1.70. The van der Waals surface area contributed by atoms with Gasteiger partial charge in [0.15, 0.2) is 0 Å². The number of pyridine rings is 1. The fraction of sp³-hybridized carbons (Fsp3) is 0.688. The van der Waals surface area contributed by atoms with Crippen LogP contribution in [0, 0.1) is 24.7 Å². The quantitative estimate of drug-likeness (QED) is 0.774. The predicted octanol–water partition coefficient (Wildman–Crippen LogP) is 4.00. The molecule has 2 aliphatic rings. The Morgan fingerprint density at radius 3 is 2.79 bits per heavy atom. The van der Waals surface area contributed by atoms with E-state index in [9.17, 15) is 0 Å². The van der Waals surface area contributed by atoms with Crippen molar-refractivity contribution in [1.82, 2.24) is 4.98 Å². The van der Waals surface area contributed by atoms with Crippen LogP contribution in [-0.4, -0.2) is 18.6 Å². The third kappa shape index (κ3) is 2.74. The molecule has 2 bridgehead atoms. The lowest BCUT2D eigenvalue weighted by molar-refractivity contribution is 0.337. The van der Waals surface area contributed by atoms with E-state index in [1.54, 1.807) is 0 Å². The van der Waals surface area contributed by atoms with E-state index in [1.807, 2.05) is 6.92 Å². The Morgan fingerprint density at radius 2 is 2.16 bits per heavy atom. The van der Waals surface area contributed by atoms with Gasteiger partial charge in [0, 0.05) is 25.2 Å². The minimum atomic E-state index is 0.568. The standard InChI is InChI=1S/C16H23ClN2/c1-11-5-13(9-17)8-16(18-11)19(2)10-15-7-12-3-4-14(15)6-12/h5,8,12,14-15H,3-4,6-7,9-10H2,1-2H3. The number of aryl methyl sites for hydroxylation is 1. The summed E-state index contributed by atoms with van der Waals surface area (Å²) in [5, 5.41) is 0. The van der Waals surface area contributed by atoms with E-state index in [1.165, 1.54) is 31.2 Å². The normalized spacial score (nSPS) is 28.9. The third-order valence-corrected chi connectivity index (χ3v) is 5.25. The fourth-order valence-corrected chi connectivity index (χ4v) is 4.19. The molecule has 0 radical (unpaired) electrons. The molecule has 1 heterocycles. The smallest absolute Gasteiger partial charge is 0.128 e. The molecular formula is C16H23ClN2. The largest absolute Gasteiger partial charge is 0.359 e. The summed E-state index contributed by atoms with van der Waals surface area (Å²) in [6.45, 7) is 3.20. The molecular weight excluding hydrogens is 256 g/mol. The highest BCUT2D eigenvalue weighted by Crippen LogP contribution is 2.48. The van der Waals surface area contributed by atoms with E-state index in [0.717, 1.165) is 35.8 Å². The van der Waals surface area contributed by atoms with Crippen LogP contribution < -0.4 is 4.90 Å². The predicted molar refractivity (Wildman–Crippen MR) is 80.7 cm³/mol. The first kappa shape index (κ1) is 13.2. The van der Waals surface area contributed by atoms with Gasteiger partial charge in [0.1, 0.15) is 5.82 Å². The highest BCUT2D eigenvalue weighted by Gasteiger charge is 2.39.